The third kappa shape index (κ3) is 3.52. The molecule has 3 aromatic rings. The van der Waals surface area contributed by atoms with Crippen LogP contribution in [0.1, 0.15) is 72.0 Å². The zero-order valence-electron chi connectivity index (χ0n) is 20.6. The maximum Gasteiger partial charge on any atom is 0.257 e. The van der Waals surface area contributed by atoms with E-state index in [4.69, 9.17) is 9.72 Å². The van der Waals surface area contributed by atoms with Gasteiger partial charge in [0.05, 0.1) is 36.1 Å². The van der Waals surface area contributed by atoms with E-state index in [1.165, 1.54) is 6.07 Å². The van der Waals surface area contributed by atoms with Crippen molar-refractivity contribution in [1.29, 1.82) is 0 Å². The number of aldehydes is 1. The van der Waals surface area contributed by atoms with Crippen LogP contribution in [-0.4, -0.2) is 22.9 Å². The minimum Gasteiger partial charge on any atom is -0.382 e. The molecule has 1 aromatic carbocycles. The van der Waals surface area contributed by atoms with Gasteiger partial charge in [0.2, 0.25) is 0 Å². The number of ether oxygens (including phenoxy) is 1. The minimum atomic E-state index is -0.411. The van der Waals surface area contributed by atoms with Crippen LogP contribution in [0.15, 0.2) is 29.2 Å². The summed E-state index contributed by atoms with van der Waals surface area (Å²) in [6.45, 7) is 10.2. The molecule has 5 rings (SSSR count). The monoisotopic (exact) mass is 475 g/mol. The standard InChI is InChI=1S/C28H30FN3O3/c1-6-16(12-33)18-9-24-27-19(11-32(24)28(34)20(18)13-35-5)26-22(30-14(2)3)8-7-17-15(4)21(29)10-23(31-27)25(17)26/h9-10,12,16,22,30H,2,6-8,11,13H2,1,3-5H3. The molecule has 2 atom stereocenters. The molecule has 0 amide bonds. The molecule has 2 aromatic heterocycles. The molecule has 0 radical (unpaired) electrons. The first-order chi connectivity index (χ1) is 16.8. The molecule has 0 saturated carbocycles. The molecule has 35 heavy (non-hydrogen) atoms. The van der Waals surface area contributed by atoms with E-state index in [1.54, 1.807) is 11.7 Å². The fourth-order valence-corrected chi connectivity index (χ4v) is 5.81. The van der Waals surface area contributed by atoms with Crippen LogP contribution < -0.4 is 10.9 Å². The zero-order valence-corrected chi connectivity index (χ0v) is 20.6. The third-order valence-corrected chi connectivity index (χ3v) is 7.48. The first kappa shape index (κ1) is 23.4. The second-order valence-corrected chi connectivity index (χ2v) is 9.66. The van der Waals surface area contributed by atoms with Gasteiger partial charge in [0.1, 0.15) is 12.1 Å². The van der Waals surface area contributed by atoms with Crippen molar-refractivity contribution < 1.29 is 13.9 Å². The van der Waals surface area contributed by atoms with Crippen molar-refractivity contribution in [2.75, 3.05) is 7.11 Å². The van der Waals surface area contributed by atoms with Crippen LogP contribution in [0.4, 0.5) is 4.39 Å². The SMILES string of the molecule is C=C(C)NC1CCc2c(C)c(F)cc3nc4c(c1c23)Cn1c-4cc(C(C=O)CC)c(COC)c1=O. The van der Waals surface area contributed by atoms with Crippen molar-refractivity contribution in [3.05, 3.63) is 74.0 Å². The van der Waals surface area contributed by atoms with Gasteiger partial charge in [-0.3, -0.25) is 4.79 Å². The molecule has 1 aliphatic carbocycles. The average Bonchev–Trinajstić information content (AvgIpc) is 3.19. The number of aryl methyl sites for hydroxylation is 1. The van der Waals surface area contributed by atoms with Gasteiger partial charge < -0.3 is 19.4 Å². The van der Waals surface area contributed by atoms with Gasteiger partial charge >= 0.3 is 0 Å². The van der Waals surface area contributed by atoms with Crippen molar-refractivity contribution >= 4 is 17.2 Å². The largest absolute Gasteiger partial charge is 0.382 e. The van der Waals surface area contributed by atoms with Crippen LogP contribution in [-0.2, 0) is 29.1 Å². The van der Waals surface area contributed by atoms with Crippen LogP contribution in [0.3, 0.4) is 0 Å². The predicted molar refractivity (Wildman–Crippen MR) is 134 cm³/mol. The van der Waals surface area contributed by atoms with E-state index >= 15 is 0 Å². The molecular formula is C28H30FN3O3. The second-order valence-electron chi connectivity index (χ2n) is 9.66. The zero-order chi connectivity index (χ0) is 25.0. The van der Waals surface area contributed by atoms with Gasteiger partial charge in [-0.2, -0.15) is 0 Å². The van der Waals surface area contributed by atoms with E-state index in [2.05, 4.69) is 11.9 Å². The molecular weight excluding hydrogens is 445 g/mol. The lowest BCUT2D eigenvalue weighted by molar-refractivity contribution is -0.109. The first-order valence-electron chi connectivity index (χ1n) is 12.1. The van der Waals surface area contributed by atoms with E-state index < -0.39 is 5.92 Å². The molecule has 0 bridgehead atoms. The van der Waals surface area contributed by atoms with Gasteiger partial charge in [0.25, 0.3) is 5.56 Å². The fourth-order valence-electron chi connectivity index (χ4n) is 5.81. The van der Waals surface area contributed by atoms with Crippen LogP contribution in [0, 0.1) is 12.7 Å². The number of allylic oxidation sites excluding steroid dienone is 1. The number of pyridine rings is 2. The van der Waals surface area contributed by atoms with E-state index in [0.717, 1.165) is 46.9 Å². The fraction of sp³-hybridized carbons (Fsp3) is 0.393. The molecule has 7 heteroatoms. The highest BCUT2D eigenvalue weighted by Gasteiger charge is 2.34. The van der Waals surface area contributed by atoms with Crippen LogP contribution in [0.5, 0.6) is 0 Å². The minimum absolute atomic E-state index is 0.00888. The van der Waals surface area contributed by atoms with Crippen molar-refractivity contribution in [3.8, 4) is 11.4 Å². The van der Waals surface area contributed by atoms with Crippen LogP contribution >= 0.6 is 0 Å². The molecule has 3 heterocycles. The lowest BCUT2D eigenvalue weighted by Crippen LogP contribution is -2.27. The van der Waals surface area contributed by atoms with Gasteiger partial charge in [-0.1, -0.05) is 13.5 Å². The lowest BCUT2D eigenvalue weighted by atomic mass is 9.81. The van der Waals surface area contributed by atoms with Crippen molar-refractivity contribution in [2.24, 2.45) is 0 Å². The summed E-state index contributed by atoms with van der Waals surface area (Å²) in [6, 6.07) is 3.40. The lowest BCUT2D eigenvalue weighted by Gasteiger charge is -2.30. The number of halogens is 1. The number of aromatic nitrogens is 2. The number of carbonyl (C=O) groups excluding carboxylic acids is 1. The Morgan fingerprint density at radius 2 is 2.17 bits per heavy atom. The number of hydrogen-bond acceptors (Lipinski definition) is 5. The number of methoxy groups -OCH3 is 1. The quantitative estimate of drug-likeness (QED) is 0.388. The van der Waals surface area contributed by atoms with E-state index in [-0.39, 0.29) is 24.0 Å². The maximum atomic E-state index is 14.9. The molecule has 2 unspecified atom stereocenters. The summed E-state index contributed by atoms with van der Waals surface area (Å²) in [5.41, 5.74) is 7.48. The summed E-state index contributed by atoms with van der Waals surface area (Å²) in [4.78, 5) is 30.4. The van der Waals surface area contributed by atoms with Crippen LogP contribution in [0.25, 0.3) is 22.3 Å². The Balaban J connectivity index is 1.85. The maximum absolute atomic E-state index is 14.9. The number of nitrogens with zero attached hydrogens (tertiary/aromatic N) is 2. The smallest absolute Gasteiger partial charge is 0.257 e. The van der Waals surface area contributed by atoms with Gasteiger partial charge in [-0.15, -0.1) is 0 Å². The number of carbonyl (C=O) groups is 1. The summed E-state index contributed by atoms with van der Waals surface area (Å²) in [6.07, 6.45) is 3.00. The van der Waals surface area contributed by atoms with Crippen molar-refractivity contribution in [1.82, 2.24) is 14.9 Å². The number of fused-ring (bicyclic) bond motifs is 4. The Kier molecular flexibility index (Phi) is 5.83. The predicted octanol–water partition coefficient (Wildman–Crippen LogP) is 4.82. The van der Waals surface area contributed by atoms with E-state index in [0.29, 0.717) is 46.6 Å². The van der Waals surface area contributed by atoms with Gasteiger partial charge in [-0.25, -0.2) is 9.37 Å². The average molecular weight is 476 g/mol. The van der Waals surface area contributed by atoms with Gasteiger partial charge in [-0.05, 0) is 61.4 Å². The highest BCUT2D eigenvalue weighted by molar-refractivity contribution is 5.93. The Labute approximate surface area is 203 Å². The van der Waals surface area contributed by atoms with Gasteiger partial charge in [0.15, 0.2) is 0 Å². The Morgan fingerprint density at radius 1 is 1.40 bits per heavy atom. The summed E-state index contributed by atoms with van der Waals surface area (Å²) in [7, 11) is 1.54. The van der Waals surface area contributed by atoms with Gasteiger partial charge in [0, 0.05) is 41.3 Å². The van der Waals surface area contributed by atoms with E-state index in [1.807, 2.05) is 26.8 Å². The molecule has 0 fully saturated rings. The molecule has 0 spiro atoms. The number of nitrogens with one attached hydrogen (secondary N) is 1. The summed E-state index contributed by atoms with van der Waals surface area (Å²) in [5, 5.41) is 4.47. The number of rotatable bonds is 7. The summed E-state index contributed by atoms with van der Waals surface area (Å²) in [5.74, 6) is -0.679. The molecule has 6 nitrogen and oxygen atoms in total. The molecule has 2 aliphatic rings. The Hall–Kier alpha value is -3.32. The van der Waals surface area contributed by atoms with Crippen molar-refractivity contribution in [3.63, 3.8) is 0 Å². The summed E-state index contributed by atoms with van der Waals surface area (Å²) >= 11 is 0. The molecule has 0 saturated heterocycles. The van der Waals surface area contributed by atoms with Crippen molar-refractivity contribution in [2.45, 2.75) is 65.1 Å². The highest BCUT2D eigenvalue weighted by Crippen LogP contribution is 2.45. The topological polar surface area (TPSA) is 73.2 Å². The Bertz CT molecular complexity index is 1460. The van der Waals surface area contributed by atoms with E-state index in [9.17, 15) is 14.0 Å². The number of hydrogen-bond donors (Lipinski definition) is 1. The molecule has 1 aliphatic heterocycles. The Morgan fingerprint density at radius 3 is 2.83 bits per heavy atom. The molecule has 182 valence electrons. The van der Waals surface area contributed by atoms with Crippen LogP contribution in [0.2, 0.25) is 0 Å². The first-order valence-corrected chi connectivity index (χ1v) is 12.1. The highest BCUT2D eigenvalue weighted by atomic mass is 19.1. The molecule has 1 N–H and O–H groups in total. The summed E-state index contributed by atoms with van der Waals surface area (Å²) < 4.78 is 22.0. The normalized spacial score (nSPS) is 16.7. The second kappa shape index (κ2) is 8.72. The third-order valence-electron chi connectivity index (χ3n) is 7.48. The number of benzene rings is 1.